The van der Waals surface area contributed by atoms with Crippen LogP contribution in [0, 0.1) is 5.41 Å². The minimum absolute atomic E-state index is 0. The third-order valence-corrected chi connectivity index (χ3v) is 3.30. The molecule has 1 heterocycles. The summed E-state index contributed by atoms with van der Waals surface area (Å²) >= 11 is 0. The van der Waals surface area contributed by atoms with Gasteiger partial charge in [-0.15, -0.1) is 24.0 Å². The molecule has 0 spiro atoms. The maximum absolute atomic E-state index is 6.09. The van der Waals surface area contributed by atoms with Gasteiger partial charge in [-0.2, -0.15) is 0 Å². The summed E-state index contributed by atoms with van der Waals surface area (Å²) < 4.78 is 6.09. The molecule has 4 nitrogen and oxygen atoms in total. The molecule has 0 aliphatic carbocycles. The van der Waals surface area contributed by atoms with E-state index in [1.54, 1.807) is 0 Å². The van der Waals surface area contributed by atoms with Gasteiger partial charge in [-0.25, -0.2) is 0 Å². The van der Waals surface area contributed by atoms with Crippen molar-refractivity contribution >= 4 is 29.9 Å². The van der Waals surface area contributed by atoms with E-state index in [-0.39, 0.29) is 35.0 Å². The molecule has 0 atom stereocenters. The Hall–Kier alpha value is -0.0400. The van der Waals surface area contributed by atoms with Gasteiger partial charge in [0, 0.05) is 26.2 Å². The first kappa shape index (κ1) is 22.0. The lowest BCUT2D eigenvalue weighted by Crippen LogP contribution is -2.48. The minimum Gasteiger partial charge on any atom is -0.372 e. The largest absolute Gasteiger partial charge is 0.372 e. The Balaban J connectivity index is 0.00000441. The van der Waals surface area contributed by atoms with Crippen LogP contribution in [-0.2, 0) is 4.74 Å². The molecule has 0 aromatic carbocycles. The van der Waals surface area contributed by atoms with Crippen LogP contribution in [0.1, 0.15) is 61.3 Å². The number of guanidine groups is 1. The van der Waals surface area contributed by atoms with Crippen molar-refractivity contribution in [3.8, 4) is 0 Å². The van der Waals surface area contributed by atoms with Crippen molar-refractivity contribution in [2.75, 3.05) is 26.2 Å². The number of nitrogens with zero attached hydrogens (tertiary/aromatic N) is 2. The van der Waals surface area contributed by atoms with E-state index in [0.717, 1.165) is 45.0 Å². The molecule has 1 N–H and O–H groups in total. The van der Waals surface area contributed by atoms with Crippen LogP contribution < -0.4 is 5.32 Å². The Labute approximate surface area is 154 Å². The highest BCUT2D eigenvalue weighted by Crippen LogP contribution is 2.20. The van der Waals surface area contributed by atoms with Crippen LogP contribution in [0.5, 0.6) is 0 Å². The van der Waals surface area contributed by atoms with Gasteiger partial charge in [-0.05, 0) is 46.0 Å². The molecule has 0 aromatic rings. The van der Waals surface area contributed by atoms with Crippen molar-refractivity contribution in [2.45, 2.75) is 73.0 Å². The molecule has 5 heteroatoms. The number of hydrogen-bond donors (Lipinski definition) is 1. The Morgan fingerprint density at radius 2 is 1.68 bits per heavy atom. The fourth-order valence-electron chi connectivity index (χ4n) is 2.42. The van der Waals surface area contributed by atoms with Gasteiger partial charge in [0.1, 0.15) is 0 Å². The molecular weight excluding hydrogens is 389 g/mol. The van der Waals surface area contributed by atoms with Crippen molar-refractivity contribution in [2.24, 2.45) is 10.4 Å². The molecule has 0 saturated carbocycles. The van der Waals surface area contributed by atoms with Crippen LogP contribution in [0.4, 0.5) is 0 Å². The lowest BCUT2D eigenvalue weighted by atomic mass is 9.97. The lowest BCUT2D eigenvalue weighted by Gasteiger charge is -2.37. The number of rotatable bonds is 3. The number of nitrogens with one attached hydrogen (secondary N) is 1. The average Bonchev–Trinajstić information content (AvgIpc) is 2.32. The van der Waals surface area contributed by atoms with E-state index in [0.29, 0.717) is 6.10 Å². The third-order valence-electron chi connectivity index (χ3n) is 3.30. The number of piperidine rings is 1. The van der Waals surface area contributed by atoms with E-state index >= 15 is 0 Å². The van der Waals surface area contributed by atoms with Crippen molar-refractivity contribution in [3.05, 3.63) is 0 Å². The van der Waals surface area contributed by atoms with Gasteiger partial charge in [0.05, 0.1) is 11.7 Å². The van der Waals surface area contributed by atoms with Crippen molar-refractivity contribution in [1.29, 1.82) is 0 Å². The second-order valence-electron chi connectivity index (χ2n) is 8.15. The molecular formula is C17H36IN3O. The molecule has 1 fully saturated rings. The molecule has 0 unspecified atom stereocenters. The lowest BCUT2D eigenvalue weighted by molar-refractivity contribution is -0.0772. The highest BCUT2D eigenvalue weighted by atomic mass is 127. The maximum atomic E-state index is 6.09. The van der Waals surface area contributed by atoms with Crippen LogP contribution >= 0.6 is 24.0 Å². The third kappa shape index (κ3) is 9.18. The molecule has 0 aromatic heterocycles. The average molecular weight is 425 g/mol. The van der Waals surface area contributed by atoms with Crippen molar-refractivity contribution < 1.29 is 4.74 Å². The number of aliphatic imine (C=N–C) groups is 1. The zero-order valence-electron chi connectivity index (χ0n) is 15.5. The van der Waals surface area contributed by atoms with Gasteiger partial charge in [0.15, 0.2) is 5.96 Å². The Morgan fingerprint density at radius 1 is 1.14 bits per heavy atom. The highest BCUT2D eigenvalue weighted by Gasteiger charge is 2.25. The van der Waals surface area contributed by atoms with Gasteiger partial charge in [-0.1, -0.05) is 20.8 Å². The molecule has 1 saturated heterocycles. The number of ether oxygens (including phenoxy) is 1. The molecule has 1 aliphatic heterocycles. The number of hydrogen-bond acceptors (Lipinski definition) is 2. The molecule has 1 aliphatic rings. The van der Waals surface area contributed by atoms with Gasteiger partial charge >= 0.3 is 0 Å². The Morgan fingerprint density at radius 3 is 2.09 bits per heavy atom. The first-order valence-electron chi connectivity index (χ1n) is 8.32. The van der Waals surface area contributed by atoms with E-state index in [1.165, 1.54) is 0 Å². The molecule has 0 bridgehead atoms. The SMILES string of the molecule is CCNC(=NCC(C)(C)C)N1CCC(OC(C)(C)C)CC1.I. The van der Waals surface area contributed by atoms with Crippen molar-refractivity contribution in [1.82, 2.24) is 10.2 Å². The summed E-state index contributed by atoms with van der Waals surface area (Å²) in [6.45, 7) is 19.0. The van der Waals surface area contributed by atoms with Crippen LogP contribution in [0.3, 0.4) is 0 Å². The van der Waals surface area contributed by atoms with Gasteiger partial charge in [0.2, 0.25) is 0 Å². The molecule has 0 radical (unpaired) electrons. The molecule has 22 heavy (non-hydrogen) atoms. The first-order valence-corrected chi connectivity index (χ1v) is 8.32. The predicted octanol–water partition coefficient (Wildman–Crippen LogP) is 3.90. The van der Waals surface area contributed by atoms with Crippen LogP contribution in [0.15, 0.2) is 4.99 Å². The molecule has 1 rings (SSSR count). The summed E-state index contributed by atoms with van der Waals surface area (Å²) in [4.78, 5) is 7.17. The minimum atomic E-state index is -0.0440. The predicted molar refractivity (Wildman–Crippen MR) is 106 cm³/mol. The zero-order chi connectivity index (χ0) is 16.1. The first-order chi connectivity index (χ1) is 9.61. The van der Waals surface area contributed by atoms with Crippen LogP contribution in [0.2, 0.25) is 0 Å². The summed E-state index contributed by atoms with van der Waals surface area (Å²) in [6, 6.07) is 0. The zero-order valence-corrected chi connectivity index (χ0v) is 17.9. The van der Waals surface area contributed by atoms with Crippen molar-refractivity contribution in [3.63, 3.8) is 0 Å². The standard InChI is InChI=1S/C17H35N3O.HI/c1-8-18-15(19-13-16(2,3)4)20-11-9-14(10-12-20)21-17(5,6)7;/h14H,8-13H2,1-7H3,(H,18,19);1H. The highest BCUT2D eigenvalue weighted by molar-refractivity contribution is 14.0. The fraction of sp³-hybridized carbons (Fsp3) is 0.941. The maximum Gasteiger partial charge on any atom is 0.193 e. The molecule has 132 valence electrons. The van der Waals surface area contributed by atoms with E-state index in [9.17, 15) is 0 Å². The topological polar surface area (TPSA) is 36.9 Å². The monoisotopic (exact) mass is 425 g/mol. The summed E-state index contributed by atoms with van der Waals surface area (Å²) in [7, 11) is 0. The molecule has 0 amide bonds. The van der Waals surface area contributed by atoms with E-state index < -0.39 is 0 Å². The van der Waals surface area contributed by atoms with Crippen LogP contribution in [0.25, 0.3) is 0 Å². The normalized spacial score (nSPS) is 18.1. The van der Waals surface area contributed by atoms with Crippen LogP contribution in [-0.4, -0.2) is 48.7 Å². The second-order valence-corrected chi connectivity index (χ2v) is 8.15. The summed E-state index contributed by atoms with van der Waals surface area (Å²) in [6.07, 6.45) is 2.54. The van der Waals surface area contributed by atoms with Gasteiger partial charge in [0.25, 0.3) is 0 Å². The van der Waals surface area contributed by atoms with Gasteiger partial charge < -0.3 is 15.0 Å². The Kier molecular flexibility index (Phi) is 9.29. The fourth-order valence-corrected chi connectivity index (χ4v) is 2.42. The number of likely N-dealkylation sites (tertiary alicyclic amines) is 1. The van der Waals surface area contributed by atoms with E-state index in [4.69, 9.17) is 9.73 Å². The van der Waals surface area contributed by atoms with E-state index in [1.807, 2.05) is 0 Å². The van der Waals surface area contributed by atoms with Gasteiger partial charge in [-0.3, -0.25) is 4.99 Å². The summed E-state index contributed by atoms with van der Waals surface area (Å²) in [5.74, 6) is 1.06. The van der Waals surface area contributed by atoms with E-state index in [2.05, 4.69) is 58.7 Å². The summed E-state index contributed by atoms with van der Waals surface area (Å²) in [5.41, 5.74) is 0.187. The smallest absolute Gasteiger partial charge is 0.193 e. The summed E-state index contributed by atoms with van der Waals surface area (Å²) in [5, 5.41) is 3.42. The Bertz CT molecular complexity index is 337. The number of halogens is 1. The quantitative estimate of drug-likeness (QED) is 0.424. The second kappa shape index (κ2) is 9.30.